The number of benzene rings is 1. The largest absolute Gasteiger partial charge is 0.399 e. The van der Waals surface area contributed by atoms with Gasteiger partial charge in [0.1, 0.15) is 5.82 Å². The van der Waals surface area contributed by atoms with E-state index < -0.39 is 0 Å². The molecule has 5 heteroatoms. The van der Waals surface area contributed by atoms with Crippen molar-refractivity contribution in [3.05, 3.63) is 42.6 Å². The Hall–Kier alpha value is -2.56. The van der Waals surface area contributed by atoms with Crippen LogP contribution in [-0.2, 0) is 0 Å². The molecule has 0 amide bonds. The summed E-state index contributed by atoms with van der Waals surface area (Å²) in [6, 6.07) is 11.6. The smallest absolute Gasteiger partial charge is 0.154 e. The average molecular weight is 267 g/mol. The summed E-state index contributed by atoms with van der Waals surface area (Å²) >= 11 is 0. The van der Waals surface area contributed by atoms with Crippen LogP contribution in [0.2, 0.25) is 0 Å². The number of fused-ring (bicyclic) bond motifs is 1. The molecule has 0 aliphatic rings. The molecule has 0 bridgehead atoms. The summed E-state index contributed by atoms with van der Waals surface area (Å²) in [4.78, 5) is 4.38. The quantitative estimate of drug-likeness (QED) is 0.713. The molecule has 3 aromatic rings. The Bertz CT molecular complexity index is 732. The molecule has 0 radical (unpaired) electrons. The third kappa shape index (κ3) is 2.30. The Morgan fingerprint density at radius 1 is 1.25 bits per heavy atom. The van der Waals surface area contributed by atoms with E-state index in [1.807, 2.05) is 47.1 Å². The molecule has 0 spiro atoms. The Kier molecular flexibility index (Phi) is 3.25. The number of nitrogens with one attached hydrogen (secondary N) is 1. The van der Waals surface area contributed by atoms with Crippen molar-refractivity contribution in [1.82, 2.24) is 14.6 Å². The van der Waals surface area contributed by atoms with Gasteiger partial charge in [0, 0.05) is 17.8 Å². The molecule has 0 unspecified atom stereocenters. The van der Waals surface area contributed by atoms with Gasteiger partial charge in [-0.1, -0.05) is 19.1 Å². The highest BCUT2D eigenvalue weighted by molar-refractivity contribution is 5.67. The van der Waals surface area contributed by atoms with Gasteiger partial charge in [0.15, 0.2) is 5.65 Å². The van der Waals surface area contributed by atoms with Gasteiger partial charge < -0.3 is 11.1 Å². The molecule has 0 aliphatic heterocycles. The van der Waals surface area contributed by atoms with Crippen LogP contribution in [0.1, 0.15) is 13.3 Å². The van der Waals surface area contributed by atoms with Crippen LogP contribution in [0.3, 0.4) is 0 Å². The SMILES string of the molecule is CCCNc1ccc2ncc(-c3cccc(N)c3)n2n1. The van der Waals surface area contributed by atoms with Crippen molar-refractivity contribution in [2.45, 2.75) is 13.3 Å². The van der Waals surface area contributed by atoms with Crippen LogP contribution in [0.15, 0.2) is 42.6 Å². The topological polar surface area (TPSA) is 68.2 Å². The van der Waals surface area contributed by atoms with Gasteiger partial charge in [-0.3, -0.25) is 0 Å². The minimum atomic E-state index is 0.734. The van der Waals surface area contributed by atoms with Crippen LogP contribution < -0.4 is 11.1 Å². The van der Waals surface area contributed by atoms with Gasteiger partial charge in [-0.15, -0.1) is 5.10 Å². The fourth-order valence-corrected chi connectivity index (χ4v) is 2.12. The first kappa shape index (κ1) is 12.5. The maximum absolute atomic E-state index is 5.84. The van der Waals surface area contributed by atoms with Crippen molar-refractivity contribution in [3.8, 4) is 11.3 Å². The molecule has 102 valence electrons. The molecule has 3 N–H and O–H groups in total. The zero-order valence-corrected chi connectivity index (χ0v) is 11.4. The lowest BCUT2D eigenvalue weighted by Crippen LogP contribution is -2.05. The molecule has 5 nitrogen and oxygen atoms in total. The van der Waals surface area contributed by atoms with Crippen molar-refractivity contribution >= 4 is 17.2 Å². The van der Waals surface area contributed by atoms with Crippen LogP contribution in [0.4, 0.5) is 11.5 Å². The van der Waals surface area contributed by atoms with E-state index in [1.54, 1.807) is 0 Å². The van der Waals surface area contributed by atoms with Crippen LogP contribution in [0.5, 0.6) is 0 Å². The van der Waals surface area contributed by atoms with Gasteiger partial charge in [0.2, 0.25) is 0 Å². The first-order valence-corrected chi connectivity index (χ1v) is 6.72. The molecule has 2 heterocycles. The summed E-state index contributed by atoms with van der Waals surface area (Å²) in [6.45, 7) is 3.03. The monoisotopic (exact) mass is 267 g/mol. The van der Waals surface area contributed by atoms with Crippen molar-refractivity contribution < 1.29 is 0 Å². The van der Waals surface area contributed by atoms with Crippen LogP contribution in [0.25, 0.3) is 16.9 Å². The molecular weight excluding hydrogens is 250 g/mol. The predicted octanol–water partition coefficient (Wildman–Crippen LogP) is 2.80. The second-order valence-corrected chi connectivity index (χ2v) is 4.68. The van der Waals surface area contributed by atoms with E-state index >= 15 is 0 Å². The summed E-state index contributed by atoms with van der Waals surface area (Å²) < 4.78 is 1.84. The van der Waals surface area contributed by atoms with E-state index in [0.717, 1.165) is 41.4 Å². The highest BCUT2D eigenvalue weighted by atomic mass is 15.3. The van der Waals surface area contributed by atoms with E-state index in [1.165, 1.54) is 0 Å². The molecule has 0 fully saturated rings. The molecule has 2 aromatic heterocycles. The second-order valence-electron chi connectivity index (χ2n) is 4.68. The molecule has 3 rings (SSSR count). The first-order chi connectivity index (χ1) is 9.78. The normalized spacial score (nSPS) is 10.8. The highest BCUT2D eigenvalue weighted by Gasteiger charge is 2.08. The Morgan fingerprint density at radius 3 is 2.95 bits per heavy atom. The minimum absolute atomic E-state index is 0.734. The fourth-order valence-electron chi connectivity index (χ4n) is 2.12. The second kappa shape index (κ2) is 5.21. The van der Waals surface area contributed by atoms with E-state index in [2.05, 4.69) is 22.3 Å². The van der Waals surface area contributed by atoms with Crippen molar-refractivity contribution in [1.29, 1.82) is 0 Å². The average Bonchev–Trinajstić information content (AvgIpc) is 2.88. The number of nitrogen functional groups attached to an aromatic ring is 1. The molecule has 20 heavy (non-hydrogen) atoms. The zero-order chi connectivity index (χ0) is 13.9. The van der Waals surface area contributed by atoms with Crippen LogP contribution >= 0.6 is 0 Å². The number of nitrogens with two attached hydrogens (primary N) is 1. The van der Waals surface area contributed by atoms with E-state index in [0.29, 0.717) is 0 Å². The number of rotatable bonds is 4. The highest BCUT2D eigenvalue weighted by Crippen LogP contribution is 2.22. The summed E-state index contributed by atoms with van der Waals surface area (Å²) in [7, 11) is 0. The van der Waals surface area contributed by atoms with Crippen molar-refractivity contribution in [2.75, 3.05) is 17.6 Å². The molecule has 1 aromatic carbocycles. The van der Waals surface area contributed by atoms with Crippen LogP contribution in [-0.4, -0.2) is 21.1 Å². The van der Waals surface area contributed by atoms with Gasteiger partial charge in [0.25, 0.3) is 0 Å². The Labute approximate surface area is 117 Å². The number of hydrogen-bond donors (Lipinski definition) is 2. The maximum atomic E-state index is 5.84. The van der Waals surface area contributed by atoms with Gasteiger partial charge in [-0.2, -0.15) is 0 Å². The molecule has 0 saturated heterocycles. The predicted molar refractivity (Wildman–Crippen MR) is 81.6 cm³/mol. The summed E-state index contributed by atoms with van der Waals surface area (Å²) in [5.41, 5.74) is 9.35. The maximum Gasteiger partial charge on any atom is 0.154 e. The lowest BCUT2D eigenvalue weighted by Gasteiger charge is -2.06. The van der Waals surface area contributed by atoms with Crippen molar-refractivity contribution in [3.63, 3.8) is 0 Å². The van der Waals surface area contributed by atoms with E-state index in [9.17, 15) is 0 Å². The first-order valence-electron chi connectivity index (χ1n) is 6.72. The Morgan fingerprint density at radius 2 is 2.15 bits per heavy atom. The van der Waals surface area contributed by atoms with E-state index in [4.69, 9.17) is 5.73 Å². The van der Waals surface area contributed by atoms with Crippen LogP contribution in [0, 0.1) is 0 Å². The minimum Gasteiger partial charge on any atom is -0.399 e. The summed E-state index contributed by atoms with van der Waals surface area (Å²) in [5, 5.41) is 7.86. The molecule has 0 atom stereocenters. The fraction of sp³-hybridized carbons (Fsp3) is 0.200. The van der Waals surface area contributed by atoms with Gasteiger partial charge in [-0.25, -0.2) is 9.50 Å². The number of imidazole rings is 1. The third-order valence-corrected chi connectivity index (χ3v) is 3.10. The lowest BCUT2D eigenvalue weighted by atomic mass is 10.1. The van der Waals surface area contributed by atoms with Gasteiger partial charge >= 0.3 is 0 Å². The van der Waals surface area contributed by atoms with Crippen molar-refractivity contribution in [2.24, 2.45) is 0 Å². The molecular formula is C15H17N5. The summed E-state index contributed by atoms with van der Waals surface area (Å²) in [5.74, 6) is 0.850. The van der Waals surface area contributed by atoms with E-state index in [-0.39, 0.29) is 0 Å². The number of aromatic nitrogens is 3. The summed E-state index contributed by atoms with van der Waals surface area (Å²) in [6.07, 6.45) is 2.88. The zero-order valence-electron chi connectivity index (χ0n) is 11.4. The number of nitrogens with zero attached hydrogens (tertiary/aromatic N) is 3. The van der Waals surface area contributed by atoms with Gasteiger partial charge in [-0.05, 0) is 30.7 Å². The number of hydrogen-bond acceptors (Lipinski definition) is 4. The van der Waals surface area contributed by atoms with Gasteiger partial charge in [0.05, 0.1) is 11.9 Å². The number of anilines is 2. The molecule has 0 saturated carbocycles. The molecule has 0 aliphatic carbocycles. The Balaban J connectivity index is 2.07. The third-order valence-electron chi connectivity index (χ3n) is 3.10. The lowest BCUT2D eigenvalue weighted by molar-refractivity contribution is 0.910. The standard InChI is InChI=1S/C15H17N5/c1-2-8-17-14-6-7-15-18-10-13(20(15)19-14)11-4-3-5-12(16)9-11/h3-7,9-10H,2,8,16H2,1H3,(H,17,19).